The van der Waals surface area contributed by atoms with E-state index in [1.165, 1.54) is 18.3 Å². The van der Waals surface area contributed by atoms with Gasteiger partial charge in [-0.25, -0.2) is 4.79 Å². The maximum atomic E-state index is 14.1. The molecule has 4 rings (SSSR count). The van der Waals surface area contributed by atoms with Crippen molar-refractivity contribution in [2.45, 2.75) is 0 Å². The van der Waals surface area contributed by atoms with Crippen molar-refractivity contribution in [3.63, 3.8) is 0 Å². The van der Waals surface area contributed by atoms with Gasteiger partial charge in [0.2, 0.25) is 0 Å². The maximum absolute atomic E-state index is 14.1. The minimum Gasteiger partial charge on any atom is -0.0367 e. The van der Waals surface area contributed by atoms with Gasteiger partial charge < -0.3 is 5.11 Å². The van der Waals surface area contributed by atoms with E-state index >= 15 is 0 Å². The van der Waals surface area contributed by atoms with E-state index in [1.54, 1.807) is 24.3 Å². The number of furan rings is 1. The zero-order valence-electron chi connectivity index (χ0n) is 15.5. The molecule has 3 heterocycles. The largest absolute Gasteiger partial charge is 0.0367 e. The zero-order valence-corrected chi connectivity index (χ0v) is 17.6. The molecule has 0 radical (unpaired) electrons. The van der Waals surface area contributed by atoms with Crippen LogP contribution in [0.4, 0.5) is 16.2 Å². The first-order chi connectivity index (χ1) is 14.6. The Kier molecular flexibility index (Phi) is 6.18. The molecule has 0 aliphatic carbocycles. The number of hydrazone groups is 1. The third kappa shape index (κ3) is 4.74. The molecule has 30 heavy (non-hydrogen) atoms. The van der Waals surface area contributed by atoms with Crippen LogP contribution in [-0.2, 0) is 3.07 Å². The second kappa shape index (κ2) is 9.17. The molecule has 0 atom stereocenters. The molecular formula is C19H16FIN5O4-. The number of hydrogen-bond acceptors (Lipinski definition) is 8. The van der Waals surface area contributed by atoms with Crippen molar-refractivity contribution in [2.24, 2.45) is 5.10 Å². The van der Waals surface area contributed by atoms with E-state index in [1.807, 2.05) is 4.90 Å². The van der Waals surface area contributed by atoms with Crippen molar-refractivity contribution in [3.8, 4) is 11.3 Å². The predicted molar refractivity (Wildman–Crippen MR) is 102 cm³/mol. The fourth-order valence-electron chi connectivity index (χ4n) is 2.69. The van der Waals surface area contributed by atoms with Gasteiger partial charge in [-0.05, 0) is 12.1 Å². The molecule has 9 nitrogen and oxygen atoms in total. The summed E-state index contributed by atoms with van der Waals surface area (Å²) in [5.74, 6) is -0.159. The number of hydrogen-bond donors (Lipinski definition) is 2. The van der Waals surface area contributed by atoms with E-state index in [2.05, 4.69) is 20.5 Å². The average molecular weight is 524 g/mol. The Hall–Kier alpha value is -3.06. The summed E-state index contributed by atoms with van der Waals surface area (Å²) in [6.45, 7) is 1.14. The molecule has 0 spiro atoms. The number of halogens is 2. The number of anilines is 2. The van der Waals surface area contributed by atoms with E-state index in [0.29, 0.717) is 34.8 Å². The van der Waals surface area contributed by atoms with Gasteiger partial charge in [-0.15, -0.1) is 0 Å². The molecule has 0 saturated carbocycles. The second-order valence-corrected chi connectivity index (χ2v) is 8.06. The smallest absolute Gasteiger partial charge is 0.0367 e. The van der Waals surface area contributed by atoms with Gasteiger partial charge in [0.05, 0.1) is 5.56 Å². The van der Waals surface area contributed by atoms with Gasteiger partial charge in [-0.3, -0.25) is 0 Å². The maximum Gasteiger partial charge on any atom is -0.0367 e. The molecule has 2 aromatic heterocycles. The fraction of sp³-hybridized carbons (Fsp3) is 0.158. The summed E-state index contributed by atoms with van der Waals surface area (Å²) in [5.41, 5.74) is 3.48. The first-order valence-electron chi connectivity index (χ1n) is 8.81. The van der Waals surface area contributed by atoms with Gasteiger partial charge >= 0.3 is 142 Å². The quantitative estimate of drug-likeness (QED) is 0.150. The summed E-state index contributed by atoms with van der Waals surface area (Å²) >= 11 is -0.436. The Bertz CT molecular complexity index is 1080. The number of alkyl halides is 1. The molecule has 1 aliphatic heterocycles. The second-order valence-electron chi connectivity index (χ2n) is 6.13. The number of carbonyl (C=O) groups is 1. The normalized spacial score (nSPS) is 14.5. The van der Waals surface area contributed by atoms with E-state index in [0.717, 1.165) is 6.20 Å². The molecule has 1 aromatic carbocycles. The van der Waals surface area contributed by atoms with Crippen LogP contribution in [0.3, 0.4) is 0 Å². The Labute approximate surface area is 181 Å². The summed E-state index contributed by atoms with van der Waals surface area (Å²) in [6.07, 6.45) is 2.53. The van der Waals surface area contributed by atoms with Crippen molar-refractivity contribution in [3.05, 3.63) is 59.7 Å². The molecule has 0 bridgehead atoms. The Morgan fingerprint density at radius 1 is 1.37 bits per heavy atom. The first-order valence-corrected chi connectivity index (χ1v) is 11.2. The van der Waals surface area contributed by atoms with Gasteiger partial charge in [-0.1, -0.05) is 12.1 Å². The molecule has 1 aliphatic rings. The Balaban J connectivity index is 1.44. The van der Waals surface area contributed by atoms with Crippen molar-refractivity contribution in [1.29, 1.82) is 0 Å². The molecule has 0 amide bonds. The Morgan fingerprint density at radius 3 is 3.07 bits per heavy atom. The summed E-state index contributed by atoms with van der Waals surface area (Å²) in [4.78, 5) is 21.0. The van der Waals surface area contributed by atoms with Gasteiger partial charge in [0.1, 0.15) is 0 Å². The zero-order chi connectivity index (χ0) is 20.9. The number of aromatic carboxylic acids is 1. The number of nitrogens with zero attached hydrogens (tertiary/aromatic N) is 4. The van der Waals surface area contributed by atoms with Crippen LogP contribution in [0.1, 0.15) is 16.1 Å². The molecule has 1 saturated heterocycles. The molecule has 3 aromatic rings. The van der Waals surface area contributed by atoms with Crippen LogP contribution in [0.15, 0.2) is 52.1 Å². The van der Waals surface area contributed by atoms with Gasteiger partial charge in [-0.2, -0.15) is 0 Å². The predicted octanol–water partition coefficient (Wildman–Crippen LogP) is -0.182. The molecule has 156 valence electrons. The van der Waals surface area contributed by atoms with Crippen LogP contribution < -0.4 is 31.9 Å². The van der Waals surface area contributed by atoms with Crippen LogP contribution in [0.5, 0.6) is 0 Å². The standard InChI is InChI=1S/C19H16FIN5O4/c20-15-10-22-19(24-17(15)26-6-7-29-21-11-26)25-23-9-14-4-5-16(30-14)12-2-1-3-13(8-12)18(27)28/h1-5,8-10H,6-7,11H2,(H,27,28)(H,22,24,25)/q-1/b23-9+. The first kappa shape index (κ1) is 20.2. The fourth-order valence-corrected chi connectivity index (χ4v) is 4.39. The van der Waals surface area contributed by atoms with Crippen LogP contribution in [-0.4, -0.2) is 45.0 Å². The van der Waals surface area contributed by atoms with Crippen LogP contribution in [0, 0.1) is 5.82 Å². The number of nitrogens with one attached hydrogen (secondary N) is 1. The molecule has 0 unspecified atom stereocenters. The minimum absolute atomic E-state index is 0.160. The Morgan fingerprint density at radius 2 is 2.27 bits per heavy atom. The molecule has 1 fully saturated rings. The van der Waals surface area contributed by atoms with Gasteiger partial charge in [0.15, 0.2) is 0 Å². The third-order valence-corrected chi connectivity index (χ3v) is 6.09. The third-order valence-electron chi connectivity index (χ3n) is 4.11. The van der Waals surface area contributed by atoms with Crippen LogP contribution >= 0.6 is 0 Å². The topological polar surface area (TPSA) is 113 Å². The average Bonchev–Trinajstić information content (AvgIpc) is 3.24. The number of benzene rings is 1. The monoisotopic (exact) mass is 524 g/mol. The molecule has 2 N–H and O–H groups in total. The van der Waals surface area contributed by atoms with Gasteiger partial charge in [0.25, 0.3) is 0 Å². The summed E-state index contributed by atoms with van der Waals surface area (Å²) in [7, 11) is 0. The number of aromatic nitrogens is 2. The minimum atomic E-state index is -1.01. The number of rotatable bonds is 6. The van der Waals surface area contributed by atoms with Crippen LogP contribution in [0.2, 0.25) is 0 Å². The molecule has 11 heteroatoms. The van der Waals surface area contributed by atoms with Crippen LogP contribution in [0.25, 0.3) is 11.3 Å². The van der Waals surface area contributed by atoms with Crippen molar-refractivity contribution < 1.29 is 43.4 Å². The summed E-state index contributed by atoms with van der Waals surface area (Å²) in [6, 6.07) is 9.86. The van der Waals surface area contributed by atoms with Crippen molar-refractivity contribution in [1.82, 2.24) is 9.97 Å². The van der Waals surface area contributed by atoms with E-state index in [4.69, 9.17) is 12.6 Å². The van der Waals surface area contributed by atoms with E-state index in [9.17, 15) is 9.18 Å². The SMILES string of the molecule is O=C(O)c1cccc(-c2ccc(/C=N/Nc3ncc(F)c(N4CCO[I-]C4)n3)o2)c1. The number of carboxylic acid groups (broad SMARTS) is 1. The van der Waals surface area contributed by atoms with Crippen molar-refractivity contribution in [2.75, 3.05) is 28.0 Å². The molecular weight excluding hydrogens is 508 g/mol. The van der Waals surface area contributed by atoms with E-state index < -0.39 is 33.4 Å². The number of carboxylic acids is 1. The van der Waals surface area contributed by atoms with E-state index in [-0.39, 0.29) is 17.3 Å². The van der Waals surface area contributed by atoms with Crippen molar-refractivity contribution >= 4 is 24.0 Å². The van der Waals surface area contributed by atoms with Gasteiger partial charge in [0, 0.05) is 0 Å². The summed E-state index contributed by atoms with van der Waals surface area (Å²) in [5, 5.41) is 13.1. The summed E-state index contributed by atoms with van der Waals surface area (Å²) < 4.78 is 25.8.